The molecule has 2 atom stereocenters. The number of benzene rings is 1. The van der Waals surface area contributed by atoms with Gasteiger partial charge in [-0.1, -0.05) is 43.7 Å². The molecular formula is C23H32N4. The van der Waals surface area contributed by atoms with Gasteiger partial charge in [-0.05, 0) is 50.9 Å². The van der Waals surface area contributed by atoms with Crippen molar-refractivity contribution in [2.45, 2.75) is 57.5 Å². The Hall–Kier alpha value is -1.78. The van der Waals surface area contributed by atoms with Gasteiger partial charge in [-0.25, -0.2) is 9.97 Å². The third-order valence-corrected chi connectivity index (χ3v) is 6.35. The third-order valence-electron chi connectivity index (χ3n) is 6.35. The van der Waals surface area contributed by atoms with Gasteiger partial charge in [0.2, 0.25) is 0 Å². The fraction of sp³-hybridized carbons (Fsp3) is 0.565. The first kappa shape index (κ1) is 18.6. The van der Waals surface area contributed by atoms with Gasteiger partial charge in [-0.3, -0.25) is 9.80 Å². The second-order valence-electron chi connectivity index (χ2n) is 8.32. The molecule has 0 amide bonds. The first-order valence-electron chi connectivity index (χ1n) is 10.5. The second-order valence-corrected chi connectivity index (χ2v) is 8.32. The second kappa shape index (κ2) is 8.49. The number of rotatable bonds is 5. The highest BCUT2D eigenvalue weighted by Crippen LogP contribution is 2.28. The van der Waals surface area contributed by atoms with Gasteiger partial charge in [0.15, 0.2) is 0 Å². The number of hydrogen-bond acceptors (Lipinski definition) is 4. The molecule has 4 heteroatoms. The Bertz CT molecular complexity index is 745. The number of likely N-dealkylation sites (tertiary alicyclic amines) is 1. The van der Waals surface area contributed by atoms with Gasteiger partial charge >= 0.3 is 0 Å². The van der Waals surface area contributed by atoms with E-state index >= 15 is 0 Å². The van der Waals surface area contributed by atoms with Gasteiger partial charge in [0, 0.05) is 37.0 Å². The highest BCUT2D eigenvalue weighted by molar-refractivity contribution is 5.22. The summed E-state index contributed by atoms with van der Waals surface area (Å²) in [5.74, 6) is 1.65. The molecule has 0 saturated carbocycles. The van der Waals surface area contributed by atoms with Gasteiger partial charge in [0.05, 0.1) is 6.04 Å². The molecule has 3 heterocycles. The van der Waals surface area contributed by atoms with Crippen LogP contribution in [0, 0.1) is 0 Å². The topological polar surface area (TPSA) is 32.3 Å². The molecule has 2 unspecified atom stereocenters. The maximum absolute atomic E-state index is 4.99. The van der Waals surface area contributed by atoms with Crippen molar-refractivity contribution in [3.05, 3.63) is 59.2 Å². The van der Waals surface area contributed by atoms with Gasteiger partial charge in [-0.15, -0.1) is 0 Å². The van der Waals surface area contributed by atoms with Crippen LogP contribution in [-0.2, 0) is 13.0 Å². The lowest BCUT2D eigenvalue weighted by Crippen LogP contribution is -2.34. The predicted molar refractivity (Wildman–Crippen MR) is 110 cm³/mol. The molecule has 1 fully saturated rings. The summed E-state index contributed by atoms with van der Waals surface area (Å²) in [5.41, 5.74) is 4.06. The van der Waals surface area contributed by atoms with E-state index in [2.05, 4.69) is 60.3 Å². The van der Waals surface area contributed by atoms with Crippen LogP contribution < -0.4 is 0 Å². The maximum Gasteiger partial charge on any atom is 0.145 e. The van der Waals surface area contributed by atoms with Crippen molar-refractivity contribution in [2.24, 2.45) is 0 Å². The summed E-state index contributed by atoms with van der Waals surface area (Å²) in [7, 11) is 2.21. The van der Waals surface area contributed by atoms with Gasteiger partial charge in [0.1, 0.15) is 5.82 Å². The molecular weight excluding hydrogens is 332 g/mol. The first-order valence-corrected chi connectivity index (χ1v) is 10.5. The Balaban J connectivity index is 1.36. The number of piperidine rings is 1. The minimum absolute atomic E-state index is 0.411. The zero-order valence-electron chi connectivity index (χ0n) is 16.8. The summed E-state index contributed by atoms with van der Waals surface area (Å²) in [6.45, 7) is 6.76. The zero-order valence-corrected chi connectivity index (χ0v) is 16.8. The summed E-state index contributed by atoms with van der Waals surface area (Å²) < 4.78 is 0. The Morgan fingerprint density at radius 3 is 2.81 bits per heavy atom. The molecule has 0 bridgehead atoms. The molecule has 1 saturated heterocycles. The predicted octanol–water partition coefficient (Wildman–Crippen LogP) is 4.19. The fourth-order valence-electron chi connectivity index (χ4n) is 4.47. The Morgan fingerprint density at radius 1 is 1.15 bits per heavy atom. The summed E-state index contributed by atoms with van der Waals surface area (Å²) in [6.07, 6.45) is 8.15. The Labute approximate surface area is 163 Å². The average Bonchev–Trinajstić information content (AvgIpc) is 2.72. The van der Waals surface area contributed by atoms with Crippen LogP contribution in [0.5, 0.6) is 0 Å². The van der Waals surface area contributed by atoms with Crippen LogP contribution in [0.2, 0.25) is 0 Å². The minimum Gasteiger partial charge on any atom is -0.299 e. The molecule has 4 nitrogen and oxygen atoms in total. The lowest BCUT2D eigenvalue weighted by atomic mass is 9.97. The largest absolute Gasteiger partial charge is 0.299 e. The van der Waals surface area contributed by atoms with Crippen LogP contribution in [0.25, 0.3) is 0 Å². The molecule has 0 spiro atoms. The van der Waals surface area contributed by atoms with E-state index in [0.29, 0.717) is 12.0 Å². The quantitative estimate of drug-likeness (QED) is 0.796. The van der Waals surface area contributed by atoms with Gasteiger partial charge < -0.3 is 0 Å². The monoisotopic (exact) mass is 364 g/mol. The molecule has 1 aromatic carbocycles. The van der Waals surface area contributed by atoms with Crippen molar-refractivity contribution in [3.8, 4) is 0 Å². The highest BCUT2D eigenvalue weighted by Gasteiger charge is 2.25. The van der Waals surface area contributed by atoms with E-state index in [0.717, 1.165) is 31.9 Å². The molecule has 1 aromatic heterocycles. The first-order chi connectivity index (χ1) is 13.2. The maximum atomic E-state index is 4.99. The molecule has 2 aromatic rings. The SMILES string of the molecule is CC(CCN1CCc2nc(C3CCCCN3C)ncc2C1)c1ccccc1. The number of aromatic nitrogens is 2. The van der Waals surface area contributed by atoms with Crippen LogP contribution in [0.4, 0.5) is 0 Å². The van der Waals surface area contributed by atoms with E-state index in [9.17, 15) is 0 Å². The molecule has 2 aliphatic rings. The van der Waals surface area contributed by atoms with Crippen molar-refractivity contribution in [3.63, 3.8) is 0 Å². The van der Waals surface area contributed by atoms with Crippen LogP contribution in [-0.4, -0.2) is 46.4 Å². The smallest absolute Gasteiger partial charge is 0.145 e. The van der Waals surface area contributed by atoms with E-state index in [1.54, 1.807) is 0 Å². The van der Waals surface area contributed by atoms with Crippen LogP contribution in [0.1, 0.15) is 67.2 Å². The van der Waals surface area contributed by atoms with Crippen molar-refractivity contribution in [2.75, 3.05) is 26.7 Å². The Kier molecular flexibility index (Phi) is 5.84. The summed E-state index contributed by atoms with van der Waals surface area (Å²) in [6, 6.07) is 11.3. The standard InChI is InChI=1S/C23H32N4/c1-18(19-8-4-3-5-9-19)11-14-27-15-12-21-20(17-27)16-24-23(25-21)22-10-6-7-13-26(22)2/h3-5,8-9,16,18,22H,6-7,10-15,17H2,1-2H3. The number of hydrogen-bond donors (Lipinski definition) is 0. The highest BCUT2D eigenvalue weighted by atomic mass is 15.2. The fourth-order valence-corrected chi connectivity index (χ4v) is 4.47. The number of nitrogens with zero attached hydrogens (tertiary/aromatic N) is 4. The molecule has 4 rings (SSSR count). The minimum atomic E-state index is 0.411. The average molecular weight is 365 g/mol. The molecule has 27 heavy (non-hydrogen) atoms. The lowest BCUT2D eigenvalue weighted by molar-refractivity contribution is 0.178. The van der Waals surface area contributed by atoms with Gasteiger partial charge in [0.25, 0.3) is 0 Å². The Morgan fingerprint density at radius 2 is 2.00 bits per heavy atom. The molecule has 0 aliphatic carbocycles. The van der Waals surface area contributed by atoms with E-state index < -0.39 is 0 Å². The number of fused-ring (bicyclic) bond motifs is 1. The van der Waals surface area contributed by atoms with Crippen molar-refractivity contribution < 1.29 is 0 Å². The van der Waals surface area contributed by atoms with Crippen molar-refractivity contribution in [1.82, 2.24) is 19.8 Å². The van der Waals surface area contributed by atoms with E-state index in [-0.39, 0.29) is 0 Å². The molecule has 0 radical (unpaired) electrons. The van der Waals surface area contributed by atoms with Crippen LogP contribution in [0.3, 0.4) is 0 Å². The molecule has 2 aliphatic heterocycles. The normalized spacial score (nSPS) is 22.4. The van der Waals surface area contributed by atoms with E-state index in [1.807, 2.05) is 0 Å². The third kappa shape index (κ3) is 4.39. The summed E-state index contributed by atoms with van der Waals surface area (Å²) in [4.78, 5) is 14.7. The summed E-state index contributed by atoms with van der Waals surface area (Å²) in [5, 5.41) is 0. The molecule has 144 valence electrons. The summed E-state index contributed by atoms with van der Waals surface area (Å²) >= 11 is 0. The van der Waals surface area contributed by atoms with Crippen molar-refractivity contribution >= 4 is 0 Å². The van der Waals surface area contributed by atoms with E-state index in [1.165, 1.54) is 49.0 Å². The zero-order chi connectivity index (χ0) is 18.6. The van der Waals surface area contributed by atoms with Gasteiger partial charge in [-0.2, -0.15) is 0 Å². The molecule has 0 N–H and O–H groups in total. The van der Waals surface area contributed by atoms with E-state index in [4.69, 9.17) is 9.97 Å². The van der Waals surface area contributed by atoms with Crippen LogP contribution >= 0.6 is 0 Å². The van der Waals surface area contributed by atoms with Crippen molar-refractivity contribution in [1.29, 1.82) is 0 Å². The van der Waals surface area contributed by atoms with Crippen LogP contribution in [0.15, 0.2) is 36.5 Å². The lowest BCUT2D eigenvalue weighted by Gasteiger charge is -2.33.